The Morgan fingerprint density at radius 2 is 2.06 bits per heavy atom. The smallest absolute Gasteiger partial charge is 0.250 e. The van der Waals surface area contributed by atoms with Gasteiger partial charge in [0.05, 0.1) is 16.3 Å². The Morgan fingerprint density at radius 1 is 1.29 bits per heavy atom. The third kappa shape index (κ3) is 1.57. The average molecular weight is 250 g/mol. The summed E-state index contributed by atoms with van der Waals surface area (Å²) >= 11 is 1.37. The van der Waals surface area contributed by atoms with Gasteiger partial charge < -0.3 is 10.6 Å². The van der Waals surface area contributed by atoms with Gasteiger partial charge >= 0.3 is 0 Å². The molecule has 5 heteroatoms. The van der Waals surface area contributed by atoms with Crippen LogP contribution in [0.2, 0.25) is 0 Å². The van der Waals surface area contributed by atoms with Crippen LogP contribution in [0, 0.1) is 0 Å². The zero-order valence-corrected chi connectivity index (χ0v) is 10.2. The molecule has 0 radical (unpaired) electrons. The molecule has 2 N–H and O–H groups in total. The fourth-order valence-electron chi connectivity index (χ4n) is 2.74. The van der Waals surface area contributed by atoms with Gasteiger partial charge in [0, 0.05) is 5.38 Å². The summed E-state index contributed by atoms with van der Waals surface area (Å²) in [6, 6.07) is 0. The Labute approximate surface area is 103 Å². The van der Waals surface area contributed by atoms with Crippen LogP contribution in [0.1, 0.15) is 41.8 Å². The number of hydrogen-bond acceptors (Lipinski definition) is 4. The molecule has 1 spiro atoms. The third-order valence-electron chi connectivity index (χ3n) is 3.68. The fraction of sp³-hybridized carbons (Fsp3) is 0.500. The van der Waals surface area contributed by atoms with E-state index in [1.807, 2.05) is 5.38 Å². The van der Waals surface area contributed by atoms with Gasteiger partial charge in [0.2, 0.25) is 5.91 Å². The van der Waals surface area contributed by atoms with Crippen molar-refractivity contribution in [1.29, 1.82) is 0 Å². The topological polar surface area (TPSA) is 58.2 Å². The van der Waals surface area contributed by atoms with E-state index in [9.17, 15) is 9.59 Å². The quantitative estimate of drug-likeness (QED) is 0.753. The average Bonchev–Trinajstić information content (AvgIpc) is 2.73. The molecular weight excluding hydrogens is 236 g/mol. The second kappa shape index (κ2) is 3.84. The van der Waals surface area contributed by atoms with Crippen LogP contribution in [-0.4, -0.2) is 17.7 Å². The van der Waals surface area contributed by atoms with E-state index in [4.69, 9.17) is 0 Å². The van der Waals surface area contributed by atoms with Crippen LogP contribution in [0.4, 0.5) is 11.4 Å². The van der Waals surface area contributed by atoms with Crippen molar-refractivity contribution in [2.75, 3.05) is 10.6 Å². The van der Waals surface area contributed by atoms with Crippen molar-refractivity contribution < 1.29 is 9.59 Å². The minimum Gasteiger partial charge on any atom is -0.369 e. The summed E-state index contributed by atoms with van der Waals surface area (Å²) in [6.07, 6.45) is 5.92. The lowest BCUT2D eigenvalue weighted by atomic mass is 9.79. The van der Waals surface area contributed by atoms with Crippen molar-refractivity contribution in [3.05, 3.63) is 10.3 Å². The molecule has 1 aliphatic carbocycles. The molecule has 0 unspecified atom stereocenters. The van der Waals surface area contributed by atoms with Gasteiger partial charge in [0.25, 0.3) is 0 Å². The normalized spacial score (nSPS) is 21.5. The van der Waals surface area contributed by atoms with E-state index in [1.54, 1.807) is 0 Å². The SMILES string of the molecule is O=Cc1scc2c1NC(=O)C1(CCCCC1)N2. The number of rotatable bonds is 1. The molecule has 2 aliphatic rings. The minimum atomic E-state index is -0.438. The highest BCUT2D eigenvalue weighted by molar-refractivity contribution is 7.13. The number of amides is 1. The lowest BCUT2D eigenvalue weighted by Crippen LogP contribution is -2.53. The molecule has 0 saturated heterocycles. The van der Waals surface area contributed by atoms with E-state index in [1.165, 1.54) is 17.8 Å². The van der Waals surface area contributed by atoms with E-state index in [-0.39, 0.29) is 5.91 Å². The number of hydrogen-bond donors (Lipinski definition) is 2. The van der Waals surface area contributed by atoms with E-state index >= 15 is 0 Å². The molecule has 1 aromatic heterocycles. The molecule has 0 bridgehead atoms. The number of nitrogens with one attached hydrogen (secondary N) is 2. The third-order valence-corrected chi connectivity index (χ3v) is 4.59. The molecule has 1 fully saturated rings. The zero-order valence-electron chi connectivity index (χ0n) is 9.41. The number of fused-ring (bicyclic) bond motifs is 1. The van der Waals surface area contributed by atoms with E-state index in [2.05, 4.69) is 10.6 Å². The van der Waals surface area contributed by atoms with Crippen molar-refractivity contribution in [2.45, 2.75) is 37.6 Å². The molecule has 1 saturated carbocycles. The van der Waals surface area contributed by atoms with Crippen LogP contribution in [0.25, 0.3) is 0 Å². The van der Waals surface area contributed by atoms with Gasteiger partial charge in [-0.2, -0.15) is 0 Å². The highest BCUT2D eigenvalue weighted by Crippen LogP contribution is 2.42. The van der Waals surface area contributed by atoms with Crippen LogP contribution in [0.15, 0.2) is 5.38 Å². The summed E-state index contributed by atoms with van der Waals surface area (Å²) in [4.78, 5) is 23.6. The Kier molecular flexibility index (Phi) is 2.43. The molecule has 2 heterocycles. The predicted molar refractivity (Wildman–Crippen MR) is 67.8 cm³/mol. The number of thiophene rings is 1. The Hall–Kier alpha value is -1.36. The molecule has 1 aromatic rings. The maximum absolute atomic E-state index is 12.2. The standard InChI is InChI=1S/C12H14N2O2S/c15-6-9-10-8(7-17-9)14-12(11(16)13-10)4-2-1-3-5-12/h6-7,14H,1-5H2,(H,13,16). The summed E-state index contributed by atoms with van der Waals surface area (Å²) in [5, 5.41) is 8.17. The molecule has 0 atom stereocenters. The zero-order chi connectivity index (χ0) is 11.9. The van der Waals surface area contributed by atoms with Crippen molar-refractivity contribution in [2.24, 2.45) is 0 Å². The first-order valence-electron chi connectivity index (χ1n) is 5.91. The van der Waals surface area contributed by atoms with Gasteiger partial charge in [-0.3, -0.25) is 9.59 Å². The van der Waals surface area contributed by atoms with Gasteiger partial charge in [0.15, 0.2) is 6.29 Å². The Morgan fingerprint density at radius 3 is 2.76 bits per heavy atom. The summed E-state index contributed by atoms with van der Waals surface area (Å²) < 4.78 is 0. The van der Waals surface area contributed by atoms with E-state index < -0.39 is 5.54 Å². The lowest BCUT2D eigenvalue weighted by molar-refractivity contribution is -0.121. The van der Waals surface area contributed by atoms with Gasteiger partial charge in [-0.15, -0.1) is 11.3 Å². The van der Waals surface area contributed by atoms with Crippen LogP contribution >= 0.6 is 11.3 Å². The van der Waals surface area contributed by atoms with Gasteiger partial charge in [-0.05, 0) is 12.8 Å². The van der Waals surface area contributed by atoms with Crippen LogP contribution in [-0.2, 0) is 4.79 Å². The summed E-state index contributed by atoms with van der Waals surface area (Å²) in [6.45, 7) is 0. The van der Waals surface area contributed by atoms with Crippen LogP contribution < -0.4 is 10.6 Å². The minimum absolute atomic E-state index is 0.0196. The van der Waals surface area contributed by atoms with Crippen molar-refractivity contribution in [3.63, 3.8) is 0 Å². The molecule has 90 valence electrons. The molecule has 0 aromatic carbocycles. The maximum Gasteiger partial charge on any atom is 0.250 e. The molecule has 4 nitrogen and oxygen atoms in total. The number of aldehydes is 1. The van der Waals surface area contributed by atoms with Gasteiger partial charge in [-0.1, -0.05) is 19.3 Å². The molecule has 17 heavy (non-hydrogen) atoms. The Balaban J connectivity index is 1.97. The number of carbonyl (C=O) groups is 2. The fourth-order valence-corrected chi connectivity index (χ4v) is 3.49. The maximum atomic E-state index is 12.2. The van der Waals surface area contributed by atoms with Gasteiger partial charge in [0.1, 0.15) is 5.54 Å². The largest absolute Gasteiger partial charge is 0.369 e. The predicted octanol–water partition coefficient (Wildman–Crippen LogP) is 2.63. The van der Waals surface area contributed by atoms with Crippen molar-refractivity contribution in [3.8, 4) is 0 Å². The highest BCUT2D eigenvalue weighted by atomic mass is 32.1. The molecule has 3 rings (SSSR count). The first-order valence-corrected chi connectivity index (χ1v) is 6.79. The van der Waals surface area contributed by atoms with E-state index in [0.717, 1.165) is 37.7 Å². The summed E-state index contributed by atoms with van der Waals surface area (Å²) in [5.41, 5.74) is 1.12. The van der Waals surface area contributed by atoms with Crippen LogP contribution in [0.3, 0.4) is 0 Å². The molecular formula is C12H14N2O2S. The second-order valence-corrected chi connectivity index (χ2v) is 5.64. The lowest BCUT2D eigenvalue weighted by Gasteiger charge is -2.40. The summed E-state index contributed by atoms with van der Waals surface area (Å²) in [7, 11) is 0. The number of anilines is 2. The monoisotopic (exact) mass is 250 g/mol. The van der Waals surface area contributed by atoms with E-state index in [0.29, 0.717) is 10.6 Å². The van der Waals surface area contributed by atoms with Crippen molar-refractivity contribution >= 4 is 34.9 Å². The molecule has 1 aliphatic heterocycles. The highest BCUT2D eigenvalue weighted by Gasteiger charge is 2.43. The first-order chi connectivity index (χ1) is 8.25. The number of carbonyl (C=O) groups excluding carboxylic acids is 2. The summed E-state index contributed by atoms with van der Waals surface area (Å²) in [5.74, 6) is 0.0196. The second-order valence-electron chi connectivity index (χ2n) is 4.73. The molecule has 1 amide bonds. The van der Waals surface area contributed by atoms with Gasteiger partial charge in [-0.25, -0.2) is 0 Å². The first kappa shape index (κ1) is 10.8. The van der Waals surface area contributed by atoms with Crippen LogP contribution in [0.5, 0.6) is 0 Å². The van der Waals surface area contributed by atoms with Crippen molar-refractivity contribution in [1.82, 2.24) is 0 Å². The Bertz CT molecular complexity index is 475.